The number of likely N-dealkylation sites (tertiary alicyclic amines) is 1. The molecule has 0 saturated carbocycles. The van der Waals surface area contributed by atoms with Gasteiger partial charge < -0.3 is 10.0 Å². The third kappa shape index (κ3) is 3.23. The first-order chi connectivity index (χ1) is 14.5. The van der Waals surface area contributed by atoms with Gasteiger partial charge in [-0.25, -0.2) is 0 Å². The second-order valence-electron chi connectivity index (χ2n) is 8.16. The molecule has 2 aromatic heterocycles. The van der Waals surface area contributed by atoms with Crippen molar-refractivity contribution in [3.05, 3.63) is 59.9 Å². The Kier molecular flexibility index (Phi) is 4.51. The molecule has 5 rings (SSSR count). The van der Waals surface area contributed by atoms with Gasteiger partial charge in [0.05, 0.1) is 16.9 Å². The number of hydrogen-bond donors (Lipinski definition) is 1. The van der Waals surface area contributed by atoms with Crippen LogP contribution in [-0.4, -0.2) is 49.6 Å². The standard InChI is InChI=1S/C24H25N5O/c1-4-29-13-19(14-29)21-7-8-22(26-25-21)20-6-5-16(11-23(20)30)17-9-15(2)24-18(10-17)12-28(3)27-24/h5-12,19,30H,4,13-14H2,1-3H3. The fourth-order valence-electron chi connectivity index (χ4n) is 4.24. The van der Waals surface area contributed by atoms with Crippen LogP contribution in [0.15, 0.2) is 48.7 Å². The van der Waals surface area contributed by atoms with Gasteiger partial charge in [-0.15, -0.1) is 0 Å². The van der Waals surface area contributed by atoms with Crippen molar-refractivity contribution in [2.75, 3.05) is 19.6 Å². The summed E-state index contributed by atoms with van der Waals surface area (Å²) in [5.41, 5.74) is 6.55. The van der Waals surface area contributed by atoms with Crippen molar-refractivity contribution in [3.63, 3.8) is 0 Å². The zero-order valence-corrected chi connectivity index (χ0v) is 17.5. The number of aryl methyl sites for hydroxylation is 2. The summed E-state index contributed by atoms with van der Waals surface area (Å²) >= 11 is 0. The highest BCUT2D eigenvalue weighted by Gasteiger charge is 2.28. The van der Waals surface area contributed by atoms with E-state index in [4.69, 9.17) is 0 Å². The topological polar surface area (TPSA) is 67.1 Å². The minimum absolute atomic E-state index is 0.208. The molecule has 1 fully saturated rings. The molecule has 6 heteroatoms. The molecule has 6 nitrogen and oxygen atoms in total. The third-order valence-electron chi connectivity index (χ3n) is 6.03. The van der Waals surface area contributed by atoms with Crippen LogP contribution in [0.25, 0.3) is 33.3 Å². The molecule has 0 atom stereocenters. The third-order valence-corrected chi connectivity index (χ3v) is 6.03. The van der Waals surface area contributed by atoms with E-state index in [0.29, 0.717) is 17.2 Å². The quantitative estimate of drug-likeness (QED) is 0.559. The number of aromatic hydroxyl groups is 1. The van der Waals surface area contributed by atoms with Crippen LogP contribution in [0.1, 0.15) is 24.1 Å². The van der Waals surface area contributed by atoms with E-state index in [2.05, 4.69) is 46.2 Å². The van der Waals surface area contributed by atoms with Crippen LogP contribution in [0.5, 0.6) is 5.75 Å². The van der Waals surface area contributed by atoms with Gasteiger partial charge in [-0.3, -0.25) is 4.68 Å². The summed E-state index contributed by atoms with van der Waals surface area (Å²) < 4.78 is 1.83. The molecule has 0 aliphatic carbocycles. The van der Waals surface area contributed by atoms with Gasteiger partial charge in [0.1, 0.15) is 5.75 Å². The zero-order chi connectivity index (χ0) is 20.8. The summed E-state index contributed by atoms with van der Waals surface area (Å²) in [7, 11) is 1.93. The van der Waals surface area contributed by atoms with Crippen molar-refractivity contribution >= 4 is 10.9 Å². The molecule has 30 heavy (non-hydrogen) atoms. The molecular formula is C24H25N5O. The highest BCUT2D eigenvalue weighted by atomic mass is 16.3. The molecule has 0 amide bonds. The van der Waals surface area contributed by atoms with E-state index in [1.807, 2.05) is 42.2 Å². The number of aromatic nitrogens is 4. The molecule has 1 saturated heterocycles. The van der Waals surface area contributed by atoms with E-state index in [-0.39, 0.29) is 5.75 Å². The van der Waals surface area contributed by atoms with Crippen molar-refractivity contribution in [1.82, 2.24) is 24.9 Å². The fourth-order valence-corrected chi connectivity index (χ4v) is 4.24. The highest BCUT2D eigenvalue weighted by molar-refractivity contribution is 5.87. The summed E-state index contributed by atoms with van der Waals surface area (Å²) in [6.07, 6.45) is 2.01. The Morgan fingerprint density at radius 1 is 1.03 bits per heavy atom. The van der Waals surface area contributed by atoms with E-state index < -0.39 is 0 Å². The SMILES string of the molecule is CCN1CC(c2ccc(-c3ccc(-c4cc(C)c5nn(C)cc5c4)cc3O)nn2)C1. The van der Waals surface area contributed by atoms with Gasteiger partial charge in [0, 0.05) is 43.2 Å². The lowest BCUT2D eigenvalue weighted by atomic mass is 9.95. The van der Waals surface area contributed by atoms with Crippen molar-refractivity contribution in [1.29, 1.82) is 0 Å². The van der Waals surface area contributed by atoms with Crippen molar-refractivity contribution < 1.29 is 5.11 Å². The van der Waals surface area contributed by atoms with Gasteiger partial charge >= 0.3 is 0 Å². The molecule has 0 unspecified atom stereocenters. The maximum absolute atomic E-state index is 10.7. The van der Waals surface area contributed by atoms with Crippen LogP contribution in [0, 0.1) is 6.92 Å². The number of benzene rings is 2. The number of rotatable bonds is 4. The maximum atomic E-state index is 10.7. The summed E-state index contributed by atoms with van der Waals surface area (Å²) in [6.45, 7) is 7.41. The minimum Gasteiger partial charge on any atom is -0.507 e. The van der Waals surface area contributed by atoms with Gasteiger partial charge in [-0.1, -0.05) is 13.0 Å². The summed E-state index contributed by atoms with van der Waals surface area (Å²) in [5.74, 6) is 0.674. The average Bonchev–Trinajstić information content (AvgIpc) is 3.09. The molecule has 0 bridgehead atoms. The molecule has 0 radical (unpaired) electrons. The van der Waals surface area contributed by atoms with Crippen molar-refractivity contribution in [3.8, 4) is 28.1 Å². The molecule has 4 aromatic rings. The predicted octanol–water partition coefficient (Wildman–Crippen LogP) is 4.13. The monoisotopic (exact) mass is 399 g/mol. The van der Waals surface area contributed by atoms with Crippen molar-refractivity contribution in [2.24, 2.45) is 7.05 Å². The molecule has 2 aromatic carbocycles. The van der Waals surface area contributed by atoms with Crippen LogP contribution in [0.3, 0.4) is 0 Å². The first-order valence-electron chi connectivity index (χ1n) is 10.4. The largest absolute Gasteiger partial charge is 0.507 e. The molecule has 152 valence electrons. The second kappa shape index (κ2) is 7.22. The lowest BCUT2D eigenvalue weighted by molar-refractivity contribution is 0.154. The molecule has 3 heterocycles. The van der Waals surface area contributed by atoms with Crippen LogP contribution < -0.4 is 0 Å². The predicted molar refractivity (Wildman–Crippen MR) is 118 cm³/mol. The second-order valence-corrected chi connectivity index (χ2v) is 8.16. The Morgan fingerprint density at radius 2 is 1.87 bits per heavy atom. The number of likely N-dealkylation sites (N-methyl/N-ethyl adjacent to an activating group) is 1. The Hall–Kier alpha value is -3.25. The lowest BCUT2D eigenvalue weighted by Gasteiger charge is -2.37. The first-order valence-corrected chi connectivity index (χ1v) is 10.4. The summed E-state index contributed by atoms with van der Waals surface area (Å²) in [5, 5.41) is 25.1. The Bertz CT molecular complexity index is 1220. The summed E-state index contributed by atoms with van der Waals surface area (Å²) in [4.78, 5) is 2.38. The molecule has 1 aliphatic rings. The van der Waals surface area contributed by atoms with Crippen LogP contribution in [0.4, 0.5) is 0 Å². The Morgan fingerprint density at radius 3 is 2.57 bits per heavy atom. The lowest BCUT2D eigenvalue weighted by Crippen LogP contribution is -2.44. The normalized spacial score (nSPS) is 14.9. The number of phenolic OH excluding ortho intramolecular Hbond substituents is 1. The van der Waals surface area contributed by atoms with Gasteiger partial charge in [0.2, 0.25) is 0 Å². The molecule has 1 N–H and O–H groups in total. The highest BCUT2D eigenvalue weighted by Crippen LogP contribution is 2.34. The molecule has 1 aliphatic heterocycles. The minimum atomic E-state index is 0.208. The fraction of sp³-hybridized carbons (Fsp3) is 0.292. The van der Waals surface area contributed by atoms with Gasteiger partial charge in [0.25, 0.3) is 0 Å². The number of nitrogens with zero attached hydrogens (tertiary/aromatic N) is 5. The van der Waals surface area contributed by atoms with E-state index in [9.17, 15) is 5.11 Å². The first kappa shape index (κ1) is 18.8. The Labute approximate surface area is 175 Å². The number of fused-ring (bicyclic) bond motifs is 1. The van der Waals surface area contributed by atoms with Gasteiger partial charge in [0.15, 0.2) is 0 Å². The van der Waals surface area contributed by atoms with Gasteiger partial charge in [-0.2, -0.15) is 15.3 Å². The van der Waals surface area contributed by atoms with E-state index in [1.54, 1.807) is 6.07 Å². The molecule has 0 spiro atoms. The van der Waals surface area contributed by atoms with Gasteiger partial charge in [-0.05, 0) is 66.6 Å². The van der Waals surface area contributed by atoms with Crippen molar-refractivity contribution in [2.45, 2.75) is 19.8 Å². The smallest absolute Gasteiger partial charge is 0.125 e. The zero-order valence-electron chi connectivity index (χ0n) is 17.5. The van der Waals surface area contributed by atoms with E-state index >= 15 is 0 Å². The number of phenols is 1. The van der Waals surface area contributed by atoms with Crippen LogP contribution in [0.2, 0.25) is 0 Å². The van der Waals surface area contributed by atoms with E-state index in [0.717, 1.165) is 52.9 Å². The van der Waals surface area contributed by atoms with Crippen LogP contribution in [-0.2, 0) is 7.05 Å². The maximum Gasteiger partial charge on any atom is 0.125 e. The number of hydrogen-bond acceptors (Lipinski definition) is 5. The molecular weight excluding hydrogens is 374 g/mol. The summed E-state index contributed by atoms with van der Waals surface area (Å²) in [6, 6.07) is 13.9. The van der Waals surface area contributed by atoms with E-state index in [1.165, 1.54) is 0 Å². The Balaban J connectivity index is 1.42. The van der Waals surface area contributed by atoms with Crippen LogP contribution >= 0.6 is 0 Å². The average molecular weight is 399 g/mol.